The Morgan fingerprint density at radius 1 is 0.909 bits per heavy atom. The second kappa shape index (κ2) is 10.4. The van der Waals surface area contributed by atoms with Gasteiger partial charge in [0.05, 0.1) is 40.6 Å². The highest BCUT2D eigenvalue weighted by Crippen LogP contribution is 2.46. The van der Waals surface area contributed by atoms with Crippen LogP contribution in [0.1, 0.15) is 31.8 Å². The maximum absolute atomic E-state index is 13.9. The molecule has 0 unspecified atom stereocenters. The molecule has 1 aromatic heterocycles. The third-order valence-corrected chi connectivity index (χ3v) is 8.12. The number of halogens is 3. The van der Waals surface area contributed by atoms with E-state index in [1.54, 1.807) is 42.5 Å². The molecule has 4 aromatic carbocycles. The SMILES string of the molecule is COC(=O)c1ccc(Nc2cc(N3CCN(c4cccc(C(F)(F)F)c4)CC3)c3noc4c3c2C(=O)c2ccccc2-4)cc1. The lowest BCUT2D eigenvalue weighted by Gasteiger charge is -2.38. The van der Waals surface area contributed by atoms with Crippen LogP contribution in [-0.2, 0) is 10.9 Å². The first kappa shape index (κ1) is 27.5. The molecule has 1 aliphatic carbocycles. The quantitative estimate of drug-likeness (QED) is 0.214. The molecule has 44 heavy (non-hydrogen) atoms. The first-order valence-corrected chi connectivity index (χ1v) is 14.0. The highest BCUT2D eigenvalue weighted by atomic mass is 19.4. The zero-order valence-electron chi connectivity index (χ0n) is 23.4. The first-order chi connectivity index (χ1) is 21.2. The van der Waals surface area contributed by atoms with Gasteiger partial charge in [0.1, 0.15) is 5.52 Å². The van der Waals surface area contributed by atoms with Crippen molar-refractivity contribution in [3.63, 3.8) is 0 Å². The molecule has 5 aromatic rings. The number of ether oxygens (including phenoxy) is 1. The molecule has 11 heteroatoms. The van der Waals surface area contributed by atoms with Gasteiger partial charge in [0, 0.05) is 48.7 Å². The minimum atomic E-state index is -4.42. The molecule has 2 aliphatic rings. The van der Waals surface area contributed by atoms with E-state index in [1.165, 1.54) is 19.2 Å². The molecule has 0 saturated carbocycles. The molecule has 7 rings (SSSR count). The number of methoxy groups -OCH3 is 1. The number of fused-ring (bicyclic) bond motifs is 2. The van der Waals surface area contributed by atoms with Crippen LogP contribution in [0.2, 0.25) is 0 Å². The van der Waals surface area contributed by atoms with Crippen molar-refractivity contribution in [3.05, 3.63) is 101 Å². The van der Waals surface area contributed by atoms with Gasteiger partial charge in [0.25, 0.3) is 0 Å². The number of alkyl halides is 3. The van der Waals surface area contributed by atoms with Crippen LogP contribution in [0.5, 0.6) is 0 Å². The zero-order chi connectivity index (χ0) is 30.6. The zero-order valence-corrected chi connectivity index (χ0v) is 23.4. The van der Waals surface area contributed by atoms with Crippen molar-refractivity contribution in [2.24, 2.45) is 0 Å². The van der Waals surface area contributed by atoms with Crippen LogP contribution in [0.3, 0.4) is 0 Å². The van der Waals surface area contributed by atoms with Gasteiger partial charge in [-0.1, -0.05) is 35.5 Å². The fourth-order valence-electron chi connectivity index (χ4n) is 5.93. The minimum absolute atomic E-state index is 0.170. The molecular formula is C33H25F3N4O4. The number of nitrogens with zero attached hydrogens (tertiary/aromatic N) is 3. The van der Waals surface area contributed by atoms with Crippen LogP contribution < -0.4 is 15.1 Å². The number of benzene rings is 4. The number of nitrogens with one attached hydrogen (secondary N) is 1. The van der Waals surface area contributed by atoms with Crippen molar-refractivity contribution < 1.29 is 32.0 Å². The molecule has 0 spiro atoms. The maximum atomic E-state index is 13.9. The van der Waals surface area contributed by atoms with E-state index in [9.17, 15) is 22.8 Å². The van der Waals surface area contributed by atoms with Crippen LogP contribution >= 0.6 is 0 Å². The third kappa shape index (κ3) is 4.61. The van der Waals surface area contributed by atoms with E-state index in [-0.39, 0.29) is 5.78 Å². The molecular weight excluding hydrogens is 573 g/mol. The number of hydrogen-bond donors (Lipinski definition) is 1. The summed E-state index contributed by atoms with van der Waals surface area (Å²) in [5.74, 6) is -0.129. The van der Waals surface area contributed by atoms with Crippen LogP contribution in [0, 0.1) is 0 Å². The number of carbonyl (C=O) groups is 2. The van der Waals surface area contributed by atoms with Crippen LogP contribution in [0.15, 0.2) is 83.4 Å². The number of anilines is 4. The van der Waals surface area contributed by atoms with E-state index in [2.05, 4.69) is 15.4 Å². The van der Waals surface area contributed by atoms with Gasteiger partial charge in [-0.3, -0.25) is 4.79 Å². The van der Waals surface area contributed by atoms with Crippen molar-refractivity contribution >= 4 is 45.4 Å². The molecule has 0 atom stereocenters. The molecule has 2 heterocycles. The van der Waals surface area contributed by atoms with Gasteiger partial charge < -0.3 is 24.4 Å². The summed E-state index contributed by atoms with van der Waals surface area (Å²) in [6.45, 7) is 1.97. The van der Waals surface area contributed by atoms with Gasteiger partial charge in [-0.2, -0.15) is 13.2 Å². The average Bonchev–Trinajstić information content (AvgIpc) is 3.49. The van der Waals surface area contributed by atoms with Crippen molar-refractivity contribution in [2.75, 3.05) is 48.4 Å². The van der Waals surface area contributed by atoms with E-state index < -0.39 is 17.7 Å². The summed E-state index contributed by atoms with van der Waals surface area (Å²) in [7, 11) is 1.31. The van der Waals surface area contributed by atoms with Crippen molar-refractivity contribution in [2.45, 2.75) is 6.18 Å². The van der Waals surface area contributed by atoms with Gasteiger partial charge in [-0.05, 0) is 48.5 Å². The lowest BCUT2D eigenvalue weighted by Crippen LogP contribution is -2.46. The Balaban J connectivity index is 1.27. The predicted molar refractivity (Wildman–Crippen MR) is 160 cm³/mol. The standard InChI is InChI=1S/C33H25F3N4O4/c1-43-32(42)19-9-11-21(12-10-19)37-25-18-26(29-28-27(25)30(41)23-7-2-3-8-24(23)31(28)44-38-29)40-15-13-39(14-16-40)22-6-4-5-20(17-22)33(34,35)36/h2-12,17-18,37H,13-16H2,1H3. The molecule has 0 amide bonds. The normalized spacial score (nSPS) is 14.5. The molecule has 1 aliphatic heterocycles. The Morgan fingerprint density at radius 3 is 2.32 bits per heavy atom. The Labute approximate surface area is 249 Å². The summed E-state index contributed by atoms with van der Waals surface area (Å²) in [5, 5.41) is 8.37. The number of piperazine rings is 1. The van der Waals surface area contributed by atoms with Gasteiger partial charge in [-0.25, -0.2) is 4.79 Å². The van der Waals surface area contributed by atoms with Crippen molar-refractivity contribution in [3.8, 4) is 11.3 Å². The van der Waals surface area contributed by atoms with E-state index >= 15 is 0 Å². The Bertz CT molecular complexity index is 1930. The molecule has 1 fully saturated rings. The summed E-state index contributed by atoms with van der Waals surface area (Å²) in [4.78, 5) is 29.9. The average molecular weight is 599 g/mol. The van der Waals surface area contributed by atoms with Gasteiger partial charge >= 0.3 is 12.1 Å². The number of hydrogen-bond acceptors (Lipinski definition) is 8. The van der Waals surface area contributed by atoms with E-state index in [0.29, 0.717) is 82.2 Å². The molecule has 8 nitrogen and oxygen atoms in total. The topological polar surface area (TPSA) is 87.9 Å². The molecule has 1 saturated heterocycles. The second-order valence-electron chi connectivity index (χ2n) is 10.6. The number of rotatable bonds is 5. The van der Waals surface area contributed by atoms with Crippen LogP contribution in [0.25, 0.3) is 22.2 Å². The highest BCUT2D eigenvalue weighted by Gasteiger charge is 2.35. The maximum Gasteiger partial charge on any atom is 0.416 e. The van der Waals surface area contributed by atoms with E-state index in [0.717, 1.165) is 11.8 Å². The van der Waals surface area contributed by atoms with Gasteiger partial charge in [0.15, 0.2) is 11.5 Å². The smallest absolute Gasteiger partial charge is 0.416 e. The van der Waals surface area contributed by atoms with Crippen LogP contribution in [-0.4, -0.2) is 50.2 Å². The Kier molecular flexibility index (Phi) is 6.53. The number of aromatic nitrogens is 1. The monoisotopic (exact) mass is 598 g/mol. The van der Waals surface area contributed by atoms with Crippen LogP contribution in [0.4, 0.5) is 35.9 Å². The molecule has 222 valence electrons. The van der Waals surface area contributed by atoms with Gasteiger partial charge in [-0.15, -0.1) is 0 Å². The third-order valence-electron chi connectivity index (χ3n) is 8.12. The number of esters is 1. The Morgan fingerprint density at radius 2 is 1.61 bits per heavy atom. The summed E-state index contributed by atoms with van der Waals surface area (Å²) in [6, 6.07) is 21.2. The summed E-state index contributed by atoms with van der Waals surface area (Å²) >= 11 is 0. The summed E-state index contributed by atoms with van der Waals surface area (Å²) < 4.78 is 50.7. The number of carbonyl (C=O) groups excluding carboxylic acids is 2. The van der Waals surface area contributed by atoms with Crippen molar-refractivity contribution in [1.29, 1.82) is 0 Å². The molecule has 0 bridgehead atoms. The van der Waals surface area contributed by atoms with E-state index in [4.69, 9.17) is 9.26 Å². The lowest BCUT2D eigenvalue weighted by molar-refractivity contribution is -0.137. The minimum Gasteiger partial charge on any atom is -0.465 e. The fourth-order valence-corrected chi connectivity index (χ4v) is 5.93. The molecule has 0 radical (unpaired) electrons. The Hall–Kier alpha value is -5.32. The highest BCUT2D eigenvalue weighted by molar-refractivity contribution is 6.28. The fraction of sp³-hybridized carbons (Fsp3) is 0.182. The molecule has 1 N–H and O–H groups in total. The number of ketones is 1. The summed E-state index contributed by atoms with van der Waals surface area (Å²) in [6.07, 6.45) is -4.42. The largest absolute Gasteiger partial charge is 0.465 e. The second-order valence-corrected chi connectivity index (χ2v) is 10.6. The predicted octanol–water partition coefficient (Wildman–Crippen LogP) is 6.91. The lowest BCUT2D eigenvalue weighted by atomic mass is 9.86. The van der Waals surface area contributed by atoms with Gasteiger partial charge in [0.2, 0.25) is 0 Å². The summed E-state index contributed by atoms with van der Waals surface area (Å²) in [5.41, 5.74) is 4.29. The van der Waals surface area contributed by atoms with Crippen molar-refractivity contribution in [1.82, 2.24) is 5.16 Å². The first-order valence-electron chi connectivity index (χ1n) is 14.0. The van der Waals surface area contributed by atoms with E-state index in [1.807, 2.05) is 23.1 Å².